The first-order valence-electron chi connectivity index (χ1n) is 12.1. The van der Waals surface area contributed by atoms with Crippen molar-refractivity contribution in [2.24, 2.45) is 5.92 Å². The summed E-state index contributed by atoms with van der Waals surface area (Å²) in [6.45, 7) is 9.81. The third-order valence-electron chi connectivity index (χ3n) is 6.19. The quantitative estimate of drug-likeness (QED) is 0.382. The molecule has 3 rings (SSSR count). The topological polar surface area (TPSA) is 67.4 Å². The molecule has 0 saturated heterocycles. The summed E-state index contributed by atoms with van der Waals surface area (Å²) in [5.74, 6) is -0.666. The normalized spacial score (nSPS) is 14.0. The molecule has 0 aliphatic heterocycles. The van der Waals surface area contributed by atoms with Crippen LogP contribution in [0.2, 0.25) is 0 Å². The minimum Gasteiger partial charge on any atom is -0.441 e. The molecular formula is C30H36N2O3. The highest BCUT2D eigenvalue weighted by molar-refractivity contribution is 5.86. The Morgan fingerprint density at radius 1 is 0.743 bits per heavy atom. The maximum Gasteiger partial charge on any atom is 0.407 e. The number of nitrogens with one attached hydrogen (secondary N) is 2. The summed E-state index contributed by atoms with van der Waals surface area (Å²) in [5, 5.41) is 6.10. The van der Waals surface area contributed by atoms with E-state index in [2.05, 4.69) is 10.6 Å². The highest BCUT2D eigenvalue weighted by Crippen LogP contribution is 2.28. The average molecular weight is 473 g/mol. The van der Waals surface area contributed by atoms with E-state index in [1.54, 1.807) is 0 Å². The minimum absolute atomic E-state index is 0.0957. The highest BCUT2D eigenvalue weighted by Gasteiger charge is 2.33. The Morgan fingerprint density at radius 3 is 1.74 bits per heavy atom. The van der Waals surface area contributed by atoms with Crippen LogP contribution in [0, 0.1) is 5.92 Å². The van der Waals surface area contributed by atoms with Gasteiger partial charge in [-0.2, -0.15) is 0 Å². The Bertz CT molecular complexity index is 1080. The van der Waals surface area contributed by atoms with E-state index in [1.807, 2.05) is 126 Å². The SMILES string of the molecule is CC(C)C(OC(=O)NC(C)C(C(=O)NC(C)(C)c1ccccc1)c1ccccc1)c1ccccc1. The molecule has 2 N–H and O–H groups in total. The molecule has 184 valence electrons. The molecule has 3 aromatic carbocycles. The smallest absolute Gasteiger partial charge is 0.407 e. The molecule has 0 aliphatic rings. The summed E-state index contributed by atoms with van der Waals surface area (Å²) < 4.78 is 5.82. The predicted octanol–water partition coefficient (Wildman–Crippen LogP) is 6.33. The van der Waals surface area contributed by atoms with Crippen molar-refractivity contribution in [3.05, 3.63) is 108 Å². The van der Waals surface area contributed by atoms with Crippen LogP contribution in [0.5, 0.6) is 0 Å². The number of benzene rings is 3. The largest absolute Gasteiger partial charge is 0.441 e. The van der Waals surface area contributed by atoms with E-state index in [-0.39, 0.29) is 17.9 Å². The summed E-state index contributed by atoms with van der Waals surface area (Å²) in [6, 6.07) is 28.6. The van der Waals surface area contributed by atoms with Crippen molar-refractivity contribution in [1.29, 1.82) is 0 Å². The molecule has 3 atom stereocenters. The maximum absolute atomic E-state index is 13.6. The number of hydrogen-bond donors (Lipinski definition) is 2. The van der Waals surface area contributed by atoms with Crippen LogP contribution in [0.3, 0.4) is 0 Å². The van der Waals surface area contributed by atoms with Gasteiger partial charge in [0.15, 0.2) is 0 Å². The van der Waals surface area contributed by atoms with Crippen LogP contribution in [0.1, 0.15) is 63.3 Å². The Hall–Kier alpha value is -3.60. The van der Waals surface area contributed by atoms with Gasteiger partial charge in [0, 0.05) is 6.04 Å². The zero-order valence-corrected chi connectivity index (χ0v) is 21.2. The van der Waals surface area contributed by atoms with Gasteiger partial charge in [0.05, 0.1) is 11.5 Å². The van der Waals surface area contributed by atoms with Crippen molar-refractivity contribution >= 4 is 12.0 Å². The van der Waals surface area contributed by atoms with Gasteiger partial charge < -0.3 is 15.4 Å². The first-order chi connectivity index (χ1) is 16.7. The van der Waals surface area contributed by atoms with E-state index in [1.165, 1.54) is 0 Å². The number of carbonyl (C=O) groups excluding carboxylic acids is 2. The number of rotatable bonds is 9. The maximum atomic E-state index is 13.6. The molecule has 0 aliphatic carbocycles. The highest BCUT2D eigenvalue weighted by atomic mass is 16.6. The van der Waals surface area contributed by atoms with Gasteiger partial charge in [-0.25, -0.2) is 4.79 Å². The molecule has 35 heavy (non-hydrogen) atoms. The van der Waals surface area contributed by atoms with Gasteiger partial charge in [-0.3, -0.25) is 4.79 Å². The minimum atomic E-state index is -0.596. The fraction of sp³-hybridized carbons (Fsp3) is 0.333. The molecule has 0 bridgehead atoms. The Morgan fingerprint density at radius 2 is 1.23 bits per heavy atom. The molecule has 2 amide bonds. The van der Waals surface area contributed by atoms with Gasteiger partial charge in [-0.05, 0) is 43.4 Å². The summed E-state index contributed by atoms with van der Waals surface area (Å²) in [6.07, 6.45) is -0.930. The predicted molar refractivity (Wildman–Crippen MR) is 140 cm³/mol. The number of hydrogen-bond acceptors (Lipinski definition) is 3. The van der Waals surface area contributed by atoms with Crippen LogP contribution >= 0.6 is 0 Å². The molecule has 0 heterocycles. The van der Waals surface area contributed by atoms with E-state index in [0.717, 1.165) is 16.7 Å². The molecule has 0 fully saturated rings. The Balaban J connectivity index is 1.78. The van der Waals surface area contributed by atoms with E-state index >= 15 is 0 Å². The van der Waals surface area contributed by atoms with E-state index in [9.17, 15) is 9.59 Å². The van der Waals surface area contributed by atoms with Crippen LogP contribution in [0.4, 0.5) is 4.79 Å². The molecule has 0 saturated carbocycles. The lowest BCUT2D eigenvalue weighted by Gasteiger charge is -2.32. The summed E-state index contributed by atoms with van der Waals surface area (Å²) >= 11 is 0. The third-order valence-corrected chi connectivity index (χ3v) is 6.19. The van der Waals surface area contributed by atoms with Crippen LogP contribution in [-0.2, 0) is 15.1 Å². The van der Waals surface area contributed by atoms with Gasteiger partial charge in [-0.15, -0.1) is 0 Å². The number of alkyl carbamates (subject to hydrolysis) is 1. The number of ether oxygens (including phenoxy) is 1. The second kappa shape index (κ2) is 11.7. The molecule has 5 heteroatoms. The molecule has 5 nitrogen and oxygen atoms in total. The fourth-order valence-electron chi connectivity index (χ4n) is 4.29. The first-order valence-corrected chi connectivity index (χ1v) is 12.1. The molecular weight excluding hydrogens is 436 g/mol. The van der Waals surface area contributed by atoms with Crippen molar-refractivity contribution in [3.63, 3.8) is 0 Å². The Labute approximate surface area is 208 Å². The fourth-order valence-corrected chi connectivity index (χ4v) is 4.29. The summed E-state index contributed by atoms with van der Waals surface area (Å²) in [5.41, 5.74) is 2.18. The zero-order valence-electron chi connectivity index (χ0n) is 21.2. The van der Waals surface area contributed by atoms with Crippen molar-refractivity contribution in [2.45, 2.75) is 58.2 Å². The second-order valence-electron chi connectivity index (χ2n) is 9.78. The van der Waals surface area contributed by atoms with E-state index in [0.29, 0.717) is 0 Å². The van der Waals surface area contributed by atoms with E-state index < -0.39 is 23.6 Å². The monoisotopic (exact) mass is 472 g/mol. The summed E-state index contributed by atoms with van der Waals surface area (Å²) in [7, 11) is 0. The molecule has 0 spiro atoms. The second-order valence-corrected chi connectivity index (χ2v) is 9.78. The van der Waals surface area contributed by atoms with Gasteiger partial charge in [0.2, 0.25) is 5.91 Å². The number of carbonyl (C=O) groups is 2. The van der Waals surface area contributed by atoms with Gasteiger partial charge in [-0.1, -0.05) is 105 Å². The van der Waals surface area contributed by atoms with Crippen LogP contribution < -0.4 is 10.6 Å². The first kappa shape index (κ1) is 26.0. The molecule has 3 unspecified atom stereocenters. The van der Waals surface area contributed by atoms with Gasteiger partial charge in [0.25, 0.3) is 0 Å². The lowest BCUT2D eigenvalue weighted by Crippen LogP contribution is -2.49. The van der Waals surface area contributed by atoms with Crippen molar-refractivity contribution in [1.82, 2.24) is 10.6 Å². The van der Waals surface area contributed by atoms with Gasteiger partial charge in [0.1, 0.15) is 6.10 Å². The van der Waals surface area contributed by atoms with Crippen LogP contribution in [0.25, 0.3) is 0 Å². The molecule has 0 aromatic heterocycles. The van der Waals surface area contributed by atoms with Crippen LogP contribution in [-0.4, -0.2) is 18.0 Å². The summed E-state index contributed by atoms with van der Waals surface area (Å²) in [4.78, 5) is 26.5. The standard InChI is InChI=1S/C30H36N2O3/c1-21(2)27(24-17-11-7-12-18-24)35-29(34)31-22(3)26(23-15-9-6-10-16-23)28(33)32-30(4,5)25-19-13-8-14-20-25/h6-22,26-27H,1-5H3,(H,31,34)(H,32,33). The molecule has 0 radical (unpaired) electrons. The van der Waals surface area contributed by atoms with Crippen molar-refractivity contribution < 1.29 is 14.3 Å². The van der Waals surface area contributed by atoms with E-state index in [4.69, 9.17) is 4.74 Å². The third kappa shape index (κ3) is 6.95. The average Bonchev–Trinajstić information content (AvgIpc) is 2.84. The molecule has 3 aromatic rings. The van der Waals surface area contributed by atoms with Crippen molar-refractivity contribution in [3.8, 4) is 0 Å². The number of amides is 2. The zero-order chi connectivity index (χ0) is 25.4. The lowest BCUT2D eigenvalue weighted by molar-refractivity contribution is -0.124. The van der Waals surface area contributed by atoms with Crippen molar-refractivity contribution in [2.75, 3.05) is 0 Å². The Kier molecular flexibility index (Phi) is 8.69. The van der Waals surface area contributed by atoms with Gasteiger partial charge >= 0.3 is 6.09 Å². The lowest BCUT2D eigenvalue weighted by atomic mass is 9.88. The van der Waals surface area contributed by atoms with Crippen LogP contribution in [0.15, 0.2) is 91.0 Å².